The molecule has 1 aliphatic heterocycles. The Morgan fingerprint density at radius 1 is 1.21 bits per heavy atom. The first-order chi connectivity index (χ1) is 13.5. The van der Waals surface area contributed by atoms with E-state index >= 15 is 0 Å². The van der Waals surface area contributed by atoms with Crippen molar-refractivity contribution in [2.45, 2.75) is 25.3 Å². The minimum Gasteiger partial charge on any atom is -0.352 e. The van der Waals surface area contributed by atoms with E-state index < -0.39 is 5.82 Å². The van der Waals surface area contributed by atoms with Gasteiger partial charge in [-0.15, -0.1) is 0 Å². The van der Waals surface area contributed by atoms with E-state index in [-0.39, 0.29) is 23.3 Å². The molecule has 5 nitrogen and oxygen atoms in total. The fourth-order valence-corrected chi connectivity index (χ4v) is 3.65. The summed E-state index contributed by atoms with van der Waals surface area (Å²) in [5.74, 6) is -0.433. The van der Waals surface area contributed by atoms with Gasteiger partial charge in [-0.2, -0.15) is 5.26 Å². The molecule has 0 spiro atoms. The Morgan fingerprint density at radius 3 is 2.75 bits per heavy atom. The van der Waals surface area contributed by atoms with Gasteiger partial charge >= 0.3 is 0 Å². The smallest absolute Gasteiger partial charge is 0.251 e. The lowest BCUT2D eigenvalue weighted by atomic mass is 10.0. The SMILES string of the molecule is N#Cc1cc(-c2cccc(C(=O)NC[C@@H]3CC(=O)N(C4CC4)C3)c2)ccc1F. The number of hydrogen-bond acceptors (Lipinski definition) is 3. The maximum atomic E-state index is 13.5. The van der Waals surface area contributed by atoms with Crippen LogP contribution in [0, 0.1) is 23.1 Å². The van der Waals surface area contributed by atoms with Crippen molar-refractivity contribution in [3.05, 3.63) is 59.4 Å². The molecule has 1 saturated carbocycles. The molecule has 1 saturated heterocycles. The van der Waals surface area contributed by atoms with E-state index in [0.717, 1.165) is 24.9 Å². The Kier molecular flexibility index (Phi) is 4.82. The summed E-state index contributed by atoms with van der Waals surface area (Å²) in [7, 11) is 0. The highest BCUT2D eigenvalue weighted by Gasteiger charge is 2.39. The Morgan fingerprint density at radius 2 is 2.00 bits per heavy atom. The summed E-state index contributed by atoms with van der Waals surface area (Å²) < 4.78 is 13.5. The van der Waals surface area contributed by atoms with E-state index in [2.05, 4.69) is 5.32 Å². The van der Waals surface area contributed by atoms with Crippen LogP contribution in [-0.4, -0.2) is 35.8 Å². The second kappa shape index (κ2) is 7.43. The van der Waals surface area contributed by atoms with Gasteiger partial charge in [-0.1, -0.05) is 18.2 Å². The fraction of sp³-hybridized carbons (Fsp3) is 0.318. The zero-order valence-corrected chi connectivity index (χ0v) is 15.3. The molecule has 0 aromatic heterocycles. The number of hydrogen-bond donors (Lipinski definition) is 1. The molecule has 2 aromatic carbocycles. The topological polar surface area (TPSA) is 73.2 Å². The number of carbonyl (C=O) groups excluding carboxylic acids is 2. The van der Waals surface area contributed by atoms with Crippen LogP contribution >= 0.6 is 0 Å². The Bertz CT molecular complexity index is 978. The van der Waals surface area contributed by atoms with Gasteiger partial charge in [-0.25, -0.2) is 4.39 Å². The van der Waals surface area contributed by atoms with Gasteiger partial charge in [0.05, 0.1) is 5.56 Å². The quantitative estimate of drug-likeness (QED) is 0.870. The predicted octanol–water partition coefficient (Wildman–Crippen LogP) is 3.11. The van der Waals surface area contributed by atoms with E-state index in [9.17, 15) is 14.0 Å². The van der Waals surface area contributed by atoms with Gasteiger partial charge in [0.15, 0.2) is 0 Å². The molecule has 28 heavy (non-hydrogen) atoms. The molecule has 1 N–H and O–H groups in total. The summed E-state index contributed by atoms with van der Waals surface area (Å²) in [6.45, 7) is 1.18. The van der Waals surface area contributed by atoms with Gasteiger partial charge in [0.2, 0.25) is 5.91 Å². The summed E-state index contributed by atoms with van der Waals surface area (Å²) in [4.78, 5) is 26.5. The molecule has 2 amide bonds. The highest BCUT2D eigenvalue weighted by molar-refractivity contribution is 5.95. The molecule has 1 heterocycles. The largest absolute Gasteiger partial charge is 0.352 e. The number of nitrogens with zero attached hydrogens (tertiary/aromatic N) is 2. The van der Waals surface area contributed by atoms with Crippen molar-refractivity contribution in [1.82, 2.24) is 10.2 Å². The van der Waals surface area contributed by atoms with Crippen molar-refractivity contribution >= 4 is 11.8 Å². The van der Waals surface area contributed by atoms with Gasteiger partial charge in [0, 0.05) is 37.0 Å². The van der Waals surface area contributed by atoms with E-state index in [1.54, 1.807) is 24.3 Å². The highest BCUT2D eigenvalue weighted by atomic mass is 19.1. The van der Waals surface area contributed by atoms with Crippen LogP contribution in [0.25, 0.3) is 11.1 Å². The van der Waals surface area contributed by atoms with Crippen LogP contribution in [0.4, 0.5) is 4.39 Å². The summed E-state index contributed by atoms with van der Waals surface area (Å²) >= 11 is 0. The molecular formula is C22H20FN3O2. The van der Waals surface area contributed by atoms with Gasteiger partial charge in [0.1, 0.15) is 11.9 Å². The third-order valence-electron chi connectivity index (χ3n) is 5.32. The Balaban J connectivity index is 1.42. The van der Waals surface area contributed by atoms with Gasteiger partial charge in [-0.05, 0) is 48.2 Å². The van der Waals surface area contributed by atoms with E-state index in [1.807, 2.05) is 17.0 Å². The number of nitriles is 1. The molecule has 2 aliphatic rings. The van der Waals surface area contributed by atoms with E-state index in [4.69, 9.17) is 5.26 Å². The van der Waals surface area contributed by atoms with Crippen LogP contribution in [0.5, 0.6) is 0 Å². The van der Waals surface area contributed by atoms with Crippen LogP contribution in [0.3, 0.4) is 0 Å². The number of amides is 2. The summed E-state index contributed by atoms with van der Waals surface area (Å²) in [6.07, 6.45) is 2.67. The average molecular weight is 377 g/mol. The van der Waals surface area contributed by atoms with Crippen LogP contribution in [0.1, 0.15) is 35.2 Å². The molecule has 4 rings (SSSR count). The first-order valence-electron chi connectivity index (χ1n) is 9.43. The van der Waals surface area contributed by atoms with E-state index in [1.165, 1.54) is 12.1 Å². The Labute approximate surface area is 162 Å². The van der Waals surface area contributed by atoms with Crippen molar-refractivity contribution in [2.75, 3.05) is 13.1 Å². The molecule has 6 heteroatoms. The standard InChI is InChI=1S/C22H20FN3O2/c23-20-7-4-16(10-18(20)11-24)15-2-1-3-17(9-15)22(28)25-12-14-8-21(27)26(13-14)19-5-6-19/h1-4,7,9-10,14,19H,5-6,8,12-13H2,(H,25,28)/t14-/m0/s1. The zero-order chi connectivity index (χ0) is 19.7. The zero-order valence-electron chi connectivity index (χ0n) is 15.3. The Hall–Kier alpha value is -3.20. The first-order valence-corrected chi connectivity index (χ1v) is 9.43. The van der Waals surface area contributed by atoms with Crippen molar-refractivity contribution in [3.63, 3.8) is 0 Å². The number of benzene rings is 2. The maximum absolute atomic E-state index is 13.5. The van der Waals surface area contributed by atoms with Crippen LogP contribution in [0.2, 0.25) is 0 Å². The molecule has 0 unspecified atom stereocenters. The van der Waals surface area contributed by atoms with Crippen molar-refractivity contribution in [3.8, 4) is 17.2 Å². The second-order valence-electron chi connectivity index (χ2n) is 7.44. The molecule has 1 aliphatic carbocycles. The van der Waals surface area contributed by atoms with Crippen molar-refractivity contribution in [1.29, 1.82) is 5.26 Å². The van der Waals surface area contributed by atoms with Crippen molar-refractivity contribution in [2.24, 2.45) is 5.92 Å². The van der Waals surface area contributed by atoms with E-state index in [0.29, 0.717) is 30.1 Å². The maximum Gasteiger partial charge on any atom is 0.251 e. The molecular weight excluding hydrogens is 357 g/mol. The van der Waals surface area contributed by atoms with Gasteiger partial charge in [-0.3, -0.25) is 9.59 Å². The van der Waals surface area contributed by atoms with Crippen LogP contribution in [0.15, 0.2) is 42.5 Å². The lowest BCUT2D eigenvalue weighted by molar-refractivity contribution is -0.128. The normalized spacial score (nSPS) is 18.8. The van der Waals surface area contributed by atoms with Gasteiger partial charge < -0.3 is 10.2 Å². The third-order valence-corrected chi connectivity index (χ3v) is 5.32. The number of likely N-dealkylation sites (tertiary alicyclic amines) is 1. The number of halogens is 1. The van der Waals surface area contributed by atoms with Crippen LogP contribution < -0.4 is 5.32 Å². The lowest BCUT2D eigenvalue weighted by Crippen LogP contribution is -2.32. The summed E-state index contributed by atoms with van der Waals surface area (Å²) in [5, 5.41) is 11.9. The second-order valence-corrected chi connectivity index (χ2v) is 7.44. The lowest BCUT2D eigenvalue weighted by Gasteiger charge is -2.15. The number of rotatable bonds is 5. The summed E-state index contributed by atoms with van der Waals surface area (Å²) in [6, 6.07) is 13.6. The predicted molar refractivity (Wildman–Crippen MR) is 102 cm³/mol. The number of carbonyl (C=O) groups is 2. The molecule has 142 valence electrons. The average Bonchev–Trinajstić information content (AvgIpc) is 3.49. The molecule has 2 aromatic rings. The third kappa shape index (κ3) is 3.74. The van der Waals surface area contributed by atoms with Crippen molar-refractivity contribution < 1.29 is 14.0 Å². The molecule has 2 fully saturated rings. The monoisotopic (exact) mass is 377 g/mol. The minimum absolute atomic E-state index is 0.0292. The molecule has 0 bridgehead atoms. The first kappa shape index (κ1) is 18.2. The minimum atomic E-state index is -0.563. The van der Waals surface area contributed by atoms with Gasteiger partial charge in [0.25, 0.3) is 5.91 Å². The molecule has 0 radical (unpaired) electrons. The fourth-order valence-electron chi connectivity index (χ4n) is 3.65. The number of nitrogens with one attached hydrogen (secondary N) is 1. The van der Waals surface area contributed by atoms with Crippen LogP contribution in [-0.2, 0) is 4.79 Å². The summed E-state index contributed by atoms with van der Waals surface area (Å²) in [5.41, 5.74) is 1.87. The highest BCUT2D eigenvalue weighted by Crippen LogP contribution is 2.32. The molecule has 1 atom stereocenters.